The largest absolute Gasteiger partial charge is 0.480 e. The monoisotopic (exact) mass is 401 g/mol. The number of H-pyrrole nitrogens is 2. The van der Waals surface area contributed by atoms with E-state index in [-0.39, 0.29) is 5.92 Å². The average molecular weight is 402 g/mol. The van der Waals surface area contributed by atoms with Gasteiger partial charge in [-0.25, -0.2) is 9.97 Å². The average Bonchev–Trinajstić information content (AvgIpc) is 3.40. The maximum Gasteiger partial charge on any atom is 0.233 e. The molecular weight excluding hydrogens is 382 g/mol. The van der Waals surface area contributed by atoms with Gasteiger partial charge in [-0.1, -0.05) is 18.5 Å². The summed E-state index contributed by atoms with van der Waals surface area (Å²) in [6.45, 7) is 3.59. The number of nitrogens with one attached hydrogen (secondary N) is 2. The number of aliphatic hydroxyl groups is 1. The summed E-state index contributed by atoms with van der Waals surface area (Å²) >= 11 is 6.31. The van der Waals surface area contributed by atoms with Crippen molar-refractivity contribution in [3.05, 3.63) is 29.3 Å². The van der Waals surface area contributed by atoms with E-state index < -0.39 is 6.10 Å². The molecule has 0 aliphatic heterocycles. The van der Waals surface area contributed by atoms with Crippen LogP contribution in [-0.2, 0) is 7.05 Å². The normalized spacial score (nSPS) is 13.8. The molecule has 4 aromatic rings. The number of ether oxygens (including phenoxy) is 1. The van der Waals surface area contributed by atoms with Crippen LogP contribution in [0.5, 0.6) is 5.88 Å². The fourth-order valence-electron chi connectivity index (χ4n) is 3.18. The standard InChI is InChI=1S/C18H20ClN7O2/c1-8(9(2)27)16-23-17(25-24-16)15-13(10-6-20-21-7-10)14-12(26(15)3)5-11(19)18(22-14)28-4/h5-9,27H,1-4H3,(H,20,21)(H,23,24,25)/t8-,9+/m1/s1. The predicted octanol–water partition coefficient (Wildman–Crippen LogP) is 2.89. The summed E-state index contributed by atoms with van der Waals surface area (Å²) in [5, 5.41) is 24.5. The molecule has 0 radical (unpaired) electrons. The molecule has 28 heavy (non-hydrogen) atoms. The number of aliphatic hydroxyl groups excluding tert-OH is 1. The fraction of sp³-hybridized carbons (Fsp3) is 0.333. The summed E-state index contributed by atoms with van der Waals surface area (Å²) in [5.41, 5.74) is 3.98. The third-order valence-electron chi connectivity index (χ3n) is 4.93. The molecule has 0 aliphatic rings. The van der Waals surface area contributed by atoms with Crippen molar-refractivity contribution in [1.82, 2.24) is 34.9 Å². The highest BCUT2D eigenvalue weighted by molar-refractivity contribution is 6.32. The van der Waals surface area contributed by atoms with E-state index in [1.54, 1.807) is 19.3 Å². The second-order valence-corrected chi connectivity index (χ2v) is 7.10. The molecule has 0 saturated carbocycles. The number of aryl methyl sites for hydroxylation is 1. The smallest absolute Gasteiger partial charge is 0.233 e. The number of halogens is 1. The number of hydrogen-bond donors (Lipinski definition) is 3. The molecule has 0 amide bonds. The molecule has 0 fully saturated rings. The van der Waals surface area contributed by atoms with Crippen molar-refractivity contribution < 1.29 is 9.84 Å². The lowest BCUT2D eigenvalue weighted by molar-refractivity contribution is 0.165. The van der Waals surface area contributed by atoms with Gasteiger partial charge >= 0.3 is 0 Å². The fourth-order valence-corrected chi connectivity index (χ4v) is 3.41. The zero-order chi connectivity index (χ0) is 20.0. The number of pyridine rings is 1. The summed E-state index contributed by atoms with van der Waals surface area (Å²) in [6.07, 6.45) is 2.95. The molecule has 0 aliphatic carbocycles. The summed E-state index contributed by atoms with van der Waals surface area (Å²) in [4.78, 5) is 9.23. The van der Waals surface area contributed by atoms with Crippen LogP contribution in [0.4, 0.5) is 0 Å². The Kier molecular flexibility index (Phi) is 4.56. The summed E-state index contributed by atoms with van der Waals surface area (Å²) in [7, 11) is 3.44. The van der Waals surface area contributed by atoms with Crippen LogP contribution in [0.15, 0.2) is 18.5 Å². The first kappa shape index (κ1) is 18.5. The van der Waals surface area contributed by atoms with Crippen LogP contribution in [0.25, 0.3) is 33.7 Å². The van der Waals surface area contributed by atoms with Gasteiger partial charge in [-0.05, 0) is 13.0 Å². The molecule has 9 nitrogen and oxygen atoms in total. The van der Waals surface area contributed by atoms with Crippen LogP contribution in [-0.4, -0.2) is 53.3 Å². The van der Waals surface area contributed by atoms with Crippen LogP contribution < -0.4 is 4.74 Å². The van der Waals surface area contributed by atoms with Crippen LogP contribution in [0.1, 0.15) is 25.6 Å². The van der Waals surface area contributed by atoms with Crippen LogP contribution >= 0.6 is 11.6 Å². The number of aromatic nitrogens is 7. The molecule has 4 aromatic heterocycles. The summed E-state index contributed by atoms with van der Waals surface area (Å²) in [6, 6.07) is 1.81. The van der Waals surface area contributed by atoms with E-state index in [2.05, 4.69) is 30.4 Å². The van der Waals surface area contributed by atoms with E-state index in [4.69, 9.17) is 16.3 Å². The molecule has 0 aromatic carbocycles. The number of hydrogen-bond acceptors (Lipinski definition) is 6. The third-order valence-corrected chi connectivity index (χ3v) is 5.20. The Morgan fingerprint density at radius 3 is 2.71 bits per heavy atom. The van der Waals surface area contributed by atoms with Crippen LogP contribution in [0.2, 0.25) is 5.02 Å². The van der Waals surface area contributed by atoms with Gasteiger partial charge in [0, 0.05) is 30.3 Å². The molecule has 0 unspecified atom stereocenters. The van der Waals surface area contributed by atoms with Gasteiger partial charge in [-0.15, -0.1) is 0 Å². The molecular formula is C18H20ClN7O2. The van der Waals surface area contributed by atoms with E-state index in [1.807, 2.05) is 24.6 Å². The first-order chi connectivity index (χ1) is 13.4. The van der Waals surface area contributed by atoms with E-state index in [0.29, 0.717) is 28.1 Å². The molecule has 4 heterocycles. The third kappa shape index (κ3) is 2.83. The molecule has 0 bridgehead atoms. The molecule has 10 heteroatoms. The quantitative estimate of drug-likeness (QED) is 0.473. The first-order valence-corrected chi connectivity index (χ1v) is 9.13. The van der Waals surface area contributed by atoms with Gasteiger partial charge in [-0.2, -0.15) is 10.2 Å². The second kappa shape index (κ2) is 6.92. The second-order valence-electron chi connectivity index (χ2n) is 6.69. The lowest BCUT2D eigenvalue weighted by Crippen LogP contribution is -2.12. The molecule has 3 N–H and O–H groups in total. The molecule has 4 rings (SSSR count). The number of rotatable bonds is 5. The van der Waals surface area contributed by atoms with Gasteiger partial charge in [-0.3, -0.25) is 10.2 Å². The van der Waals surface area contributed by atoms with Crippen LogP contribution in [0.3, 0.4) is 0 Å². The van der Waals surface area contributed by atoms with Crippen molar-refractivity contribution in [1.29, 1.82) is 0 Å². The first-order valence-electron chi connectivity index (χ1n) is 8.75. The van der Waals surface area contributed by atoms with Crippen molar-refractivity contribution in [2.24, 2.45) is 7.05 Å². The highest BCUT2D eigenvalue weighted by atomic mass is 35.5. The Balaban J connectivity index is 2.00. The molecule has 2 atom stereocenters. The van der Waals surface area contributed by atoms with Crippen molar-refractivity contribution in [3.8, 4) is 28.5 Å². The molecule has 146 valence electrons. The minimum Gasteiger partial charge on any atom is -0.480 e. The van der Waals surface area contributed by atoms with Gasteiger partial charge in [0.15, 0.2) is 11.6 Å². The van der Waals surface area contributed by atoms with Crippen LogP contribution in [0, 0.1) is 0 Å². The van der Waals surface area contributed by atoms with Crippen molar-refractivity contribution >= 4 is 22.6 Å². The lowest BCUT2D eigenvalue weighted by atomic mass is 10.1. The van der Waals surface area contributed by atoms with Crippen molar-refractivity contribution in [2.45, 2.75) is 25.9 Å². The van der Waals surface area contributed by atoms with E-state index in [0.717, 1.165) is 22.3 Å². The predicted molar refractivity (Wildman–Crippen MR) is 105 cm³/mol. The number of fused-ring (bicyclic) bond motifs is 1. The van der Waals surface area contributed by atoms with Gasteiger partial charge in [0.1, 0.15) is 10.5 Å². The topological polar surface area (TPSA) is 118 Å². The van der Waals surface area contributed by atoms with E-state index in [9.17, 15) is 5.11 Å². The zero-order valence-corrected chi connectivity index (χ0v) is 16.6. The lowest BCUT2D eigenvalue weighted by Gasteiger charge is -2.09. The summed E-state index contributed by atoms with van der Waals surface area (Å²) < 4.78 is 7.25. The van der Waals surface area contributed by atoms with E-state index >= 15 is 0 Å². The Bertz CT molecular complexity index is 1130. The molecule has 0 saturated heterocycles. The van der Waals surface area contributed by atoms with Crippen molar-refractivity contribution in [2.75, 3.05) is 7.11 Å². The van der Waals surface area contributed by atoms with Crippen molar-refractivity contribution in [3.63, 3.8) is 0 Å². The number of nitrogens with zero attached hydrogens (tertiary/aromatic N) is 5. The molecule has 0 spiro atoms. The maximum absolute atomic E-state index is 9.87. The van der Waals surface area contributed by atoms with Gasteiger partial charge in [0.05, 0.1) is 30.6 Å². The SMILES string of the molecule is COc1nc2c(-c3cn[nH]c3)c(-c3nc([C@H](C)[C@H](C)O)n[nH]3)n(C)c2cc1Cl. The Hall–Kier alpha value is -2.91. The Morgan fingerprint density at radius 2 is 2.07 bits per heavy atom. The van der Waals surface area contributed by atoms with E-state index in [1.165, 1.54) is 7.11 Å². The minimum absolute atomic E-state index is 0.204. The highest BCUT2D eigenvalue weighted by Gasteiger charge is 2.25. The minimum atomic E-state index is -0.561. The van der Waals surface area contributed by atoms with Gasteiger partial charge < -0.3 is 14.4 Å². The number of methoxy groups -OCH3 is 1. The Morgan fingerprint density at radius 1 is 1.29 bits per heavy atom. The maximum atomic E-state index is 9.87. The number of aromatic amines is 2. The highest BCUT2D eigenvalue weighted by Crippen LogP contribution is 2.40. The van der Waals surface area contributed by atoms with Gasteiger partial charge in [0.2, 0.25) is 5.88 Å². The zero-order valence-electron chi connectivity index (χ0n) is 15.9. The Labute approximate surface area is 165 Å². The van der Waals surface area contributed by atoms with Gasteiger partial charge in [0.25, 0.3) is 0 Å². The summed E-state index contributed by atoms with van der Waals surface area (Å²) in [5.74, 6) is 1.24.